The largest absolute Gasteiger partial charge is 0.378 e. The molecule has 1 saturated heterocycles. The highest BCUT2D eigenvalue weighted by atomic mass is 16.5. The highest BCUT2D eigenvalue weighted by Gasteiger charge is 2.18. The van der Waals surface area contributed by atoms with E-state index in [1.165, 1.54) is 0 Å². The van der Waals surface area contributed by atoms with Crippen LogP contribution >= 0.6 is 0 Å². The lowest BCUT2D eigenvalue weighted by Crippen LogP contribution is -2.40. The zero-order valence-corrected chi connectivity index (χ0v) is 9.82. The summed E-state index contributed by atoms with van der Waals surface area (Å²) in [6, 6.07) is 5.98. The van der Waals surface area contributed by atoms with E-state index in [-0.39, 0.29) is 5.91 Å². The summed E-state index contributed by atoms with van der Waals surface area (Å²) in [4.78, 5) is 14.0. The van der Waals surface area contributed by atoms with Gasteiger partial charge in [-0.3, -0.25) is 4.79 Å². The van der Waals surface area contributed by atoms with Gasteiger partial charge in [-0.1, -0.05) is 17.2 Å². The molecule has 2 rings (SSSR count). The standard InChI is InChI=1S/C13H17NO2/c1-10-7-11(2)9-12(8-10)13(15)14-3-5-16-6-4-14/h7-9H,3-6H2,1-2H3. The first-order valence-corrected chi connectivity index (χ1v) is 5.62. The molecule has 0 unspecified atom stereocenters. The molecule has 1 amide bonds. The maximum atomic E-state index is 12.2. The molecule has 0 radical (unpaired) electrons. The average molecular weight is 219 g/mol. The molecular formula is C13H17NO2. The van der Waals surface area contributed by atoms with Gasteiger partial charge in [-0.15, -0.1) is 0 Å². The molecule has 0 bridgehead atoms. The number of amides is 1. The number of rotatable bonds is 1. The van der Waals surface area contributed by atoms with Gasteiger partial charge in [0.15, 0.2) is 0 Å². The molecule has 1 aromatic rings. The molecule has 0 N–H and O–H groups in total. The van der Waals surface area contributed by atoms with Gasteiger partial charge in [-0.25, -0.2) is 0 Å². The fourth-order valence-corrected chi connectivity index (χ4v) is 2.05. The second-order valence-corrected chi connectivity index (χ2v) is 4.28. The molecule has 0 spiro atoms. The molecule has 0 aliphatic carbocycles. The fraction of sp³-hybridized carbons (Fsp3) is 0.462. The van der Waals surface area contributed by atoms with Gasteiger partial charge >= 0.3 is 0 Å². The van der Waals surface area contributed by atoms with E-state index >= 15 is 0 Å². The Hall–Kier alpha value is -1.35. The Labute approximate surface area is 96.0 Å². The minimum absolute atomic E-state index is 0.120. The summed E-state index contributed by atoms with van der Waals surface area (Å²) in [5, 5.41) is 0. The highest BCUT2D eigenvalue weighted by Crippen LogP contribution is 2.12. The summed E-state index contributed by atoms with van der Waals surface area (Å²) >= 11 is 0. The quantitative estimate of drug-likeness (QED) is 0.720. The van der Waals surface area contributed by atoms with Crippen molar-refractivity contribution in [2.75, 3.05) is 26.3 Å². The lowest BCUT2D eigenvalue weighted by atomic mass is 10.1. The van der Waals surface area contributed by atoms with Crippen LogP contribution in [0.5, 0.6) is 0 Å². The van der Waals surface area contributed by atoms with Crippen LogP contribution < -0.4 is 0 Å². The Kier molecular flexibility index (Phi) is 3.25. The van der Waals surface area contributed by atoms with Crippen molar-refractivity contribution in [3.05, 3.63) is 34.9 Å². The maximum absolute atomic E-state index is 12.2. The summed E-state index contributed by atoms with van der Waals surface area (Å²) < 4.78 is 5.24. The van der Waals surface area contributed by atoms with Crippen LogP contribution in [0.25, 0.3) is 0 Å². The first-order valence-electron chi connectivity index (χ1n) is 5.62. The lowest BCUT2D eigenvalue weighted by Gasteiger charge is -2.27. The van der Waals surface area contributed by atoms with Gasteiger partial charge in [0.05, 0.1) is 13.2 Å². The number of morpholine rings is 1. The number of aryl methyl sites for hydroxylation is 2. The Balaban J connectivity index is 2.19. The molecule has 3 heteroatoms. The third-order valence-electron chi connectivity index (χ3n) is 2.77. The number of hydrogen-bond acceptors (Lipinski definition) is 2. The zero-order valence-electron chi connectivity index (χ0n) is 9.82. The van der Waals surface area contributed by atoms with Gasteiger partial charge in [-0.2, -0.15) is 0 Å². The maximum Gasteiger partial charge on any atom is 0.254 e. The molecule has 1 fully saturated rings. The topological polar surface area (TPSA) is 29.5 Å². The fourth-order valence-electron chi connectivity index (χ4n) is 2.05. The van der Waals surface area contributed by atoms with Crippen LogP contribution in [0, 0.1) is 13.8 Å². The van der Waals surface area contributed by atoms with Crippen LogP contribution in [-0.4, -0.2) is 37.1 Å². The van der Waals surface area contributed by atoms with Crippen molar-refractivity contribution in [3.63, 3.8) is 0 Å². The van der Waals surface area contributed by atoms with Gasteiger partial charge in [0.1, 0.15) is 0 Å². The van der Waals surface area contributed by atoms with Crippen LogP contribution in [0.15, 0.2) is 18.2 Å². The predicted octanol–water partition coefficient (Wildman–Crippen LogP) is 1.78. The second-order valence-electron chi connectivity index (χ2n) is 4.28. The highest BCUT2D eigenvalue weighted by molar-refractivity contribution is 5.94. The Morgan fingerprint density at radius 1 is 1.12 bits per heavy atom. The van der Waals surface area contributed by atoms with E-state index in [4.69, 9.17) is 4.74 Å². The van der Waals surface area contributed by atoms with Crippen LogP contribution in [0.4, 0.5) is 0 Å². The molecular weight excluding hydrogens is 202 g/mol. The smallest absolute Gasteiger partial charge is 0.254 e. The van der Waals surface area contributed by atoms with E-state index in [1.54, 1.807) is 0 Å². The first-order chi connectivity index (χ1) is 7.66. The van der Waals surface area contributed by atoms with E-state index in [9.17, 15) is 4.79 Å². The third kappa shape index (κ3) is 2.42. The number of nitrogens with zero attached hydrogens (tertiary/aromatic N) is 1. The summed E-state index contributed by atoms with van der Waals surface area (Å²) in [6.45, 7) is 6.73. The minimum atomic E-state index is 0.120. The monoisotopic (exact) mass is 219 g/mol. The number of ether oxygens (including phenoxy) is 1. The molecule has 1 aliphatic rings. The number of hydrogen-bond donors (Lipinski definition) is 0. The number of carbonyl (C=O) groups is 1. The SMILES string of the molecule is Cc1cc(C)cc(C(=O)N2CCOCC2)c1. The van der Waals surface area contributed by atoms with E-state index < -0.39 is 0 Å². The van der Waals surface area contributed by atoms with Crippen molar-refractivity contribution in [3.8, 4) is 0 Å². The van der Waals surface area contributed by atoms with Crippen molar-refractivity contribution in [2.24, 2.45) is 0 Å². The van der Waals surface area contributed by atoms with Gasteiger partial charge in [0.2, 0.25) is 0 Å². The van der Waals surface area contributed by atoms with Crippen LogP contribution in [0.3, 0.4) is 0 Å². The molecule has 1 aliphatic heterocycles. The van der Waals surface area contributed by atoms with Crippen molar-refractivity contribution in [1.82, 2.24) is 4.90 Å². The van der Waals surface area contributed by atoms with Crippen LogP contribution in [0.1, 0.15) is 21.5 Å². The summed E-state index contributed by atoms with van der Waals surface area (Å²) in [5.41, 5.74) is 3.06. The summed E-state index contributed by atoms with van der Waals surface area (Å²) in [5.74, 6) is 0.120. The van der Waals surface area contributed by atoms with Crippen molar-refractivity contribution in [2.45, 2.75) is 13.8 Å². The van der Waals surface area contributed by atoms with Gasteiger partial charge in [0, 0.05) is 18.7 Å². The second kappa shape index (κ2) is 4.66. The Morgan fingerprint density at radius 3 is 2.25 bits per heavy atom. The van der Waals surface area contributed by atoms with E-state index in [2.05, 4.69) is 6.07 Å². The molecule has 16 heavy (non-hydrogen) atoms. The first kappa shape index (κ1) is 11.1. The predicted molar refractivity (Wildman–Crippen MR) is 62.6 cm³/mol. The van der Waals surface area contributed by atoms with Gasteiger partial charge in [0.25, 0.3) is 5.91 Å². The zero-order chi connectivity index (χ0) is 11.5. The molecule has 86 valence electrons. The Bertz CT molecular complexity index is 375. The minimum Gasteiger partial charge on any atom is -0.378 e. The van der Waals surface area contributed by atoms with Crippen molar-refractivity contribution < 1.29 is 9.53 Å². The Morgan fingerprint density at radius 2 is 1.69 bits per heavy atom. The summed E-state index contributed by atoms with van der Waals surface area (Å²) in [7, 11) is 0. The van der Waals surface area contributed by atoms with Gasteiger partial charge in [-0.05, 0) is 26.0 Å². The lowest BCUT2D eigenvalue weighted by molar-refractivity contribution is 0.0303. The number of benzene rings is 1. The van der Waals surface area contributed by atoms with E-state index in [0.717, 1.165) is 16.7 Å². The average Bonchev–Trinajstić information content (AvgIpc) is 2.28. The van der Waals surface area contributed by atoms with Crippen LogP contribution in [0.2, 0.25) is 0 Å². The van der Waals surface area contributed by atoms with Crippen molar-refractivity contribution >= 4 is 5.91 Å². The molecule has 3 nitrogen and oxygen atoms in total. The third-order valence-corrected chi connectivity index (χ3v) is 2.77. The molecule has 1 heterocycles. The normalized spacial score (nSPS) is 16.2. The molecule has 0 aromatic heterocycles. The van der Waals surface area contributed by atoms with E-state index in [1.807, 2.05) is 30.9 Å². The van der Waals surface area contributed by atoms with Crippen molar-refractivity contribution in [1.29, 1.82) is 0 Å². The number of carbonyl (C=O) groups excluding carboxylic acids is 1. The summed E-state index contributed by atoms with van der Waals surface area (Å²) in [6.07, 6.45) is 0. The molecule has 0 atom stereocenters. The van der Waals surface area contributed by atoms with E-state index in [0.29, 0.717) is 26.3 Å². The molecule has 0 saturated carbocycles. The van der Waals surface area contributed by atoms with Crippen LogP contribution in [-0.2, 0) is 4.74 Å². The molecule has 1 aromatic carbocycles. The van der Waals surface area contributed by atoms with Gasteiger partial charge < -0.3 is 9.64 Å².